The first-order valence-electron chi connectivity index (χ1n) is 5.97. The summed E-state index contributed by atoms with van der Waals surface area (Å²) in [5.41, 5.74) is 0.180. The van der Waals surface area contributed by atoms with Crippen molar-refractivity contribution in [2.45, 2.75) is 6.42 Å². The lowest BCUT2D eigenvalue weighted by Gasteiger charge is -2.09. The van der Waals surface area contributed by atoms with E-state index in [2.05, 4.69) is 4.98 Å². The van der Waals surface area contributed by atoms with Gasteiger partial charge in [0, 0.05) is 37.1 Å². The molecule has 0 amide bonds. The van der Waals surface area contributed by atoms with Crippen LogP contribution in [-0.4, -0.2) is 36.4 Å². The first kappa shape index (κ1) is 13.3. The first-order valence-corrected chi connectivity index (χ1v) is 5.97. The third kappa shape index (κ3) is 3.00. The number of pyridine rings is 1. The fourth-order valence-electron chi connectivity index (χ4n) is 1.82. The lowest BCUT2D eigenvalue weighted by atomic mass is 10.1. The molecule has 0 aliphatic carbocycles. The van der Waals surface area contributed by atoms with Gasteiger partial charge in [-0.15, -0.1) is 0 Å². The number of fused-ring (bicyclic) bond motifs is 1. The number of hydrogen-bond donors (Lipinski definition) is 1. The molecule has 100 valence electrons. The van der Waals surface area contributed by atoms with Crippen LogP contribution in [0.3, 0.4) is 0 Å². The minimum atomic E-state index is -0.991. The predicted molar refractivity (Wildman–Crippen MR) is 70.7 cm³/mol. The minimum Gasteiger partial charge on any atom is -0.478 e. The number of hydrogen-bond acceptors (Lipinski definition) is 4. The normalized spacial score (nSPS) is 10.6. The van der Waals surface area contributed by atoms with Crippen molar-refractivity contribution >= 4 is 16.7 Å². The van der Waals surface area contributed by atoms with Crippen LogP contribution < -0.4 is 4.74 Å². The Hall–Kier alpha value is -2.14. The van der Waals surface area contributed by atoms with E-state index < -0.39 is 5.97 Å². The smallest absolute Gasteiger partial charge is 0.337 e. The Morgan fingerprint density at radius 3 is 2.68 bits per heavy atom. The van der Waals surface area contributed by atoms with Crippen LogP contribution in [0.4, 0.5) is 0 Å². The van der Waals surface area contributed by atoms with Crippen LogP contribution in [0.2, 0.25) is 0 Å². The largest absolute Gasteiger partial charge is 0.478 e. The van der Waals surface area contributed by atoms with E-state index in [-0.39, 0.29) is 5.56 Å². The quantitative estimate of drug-likeness (QED) is 0.808. The second-order valence-corrected chi connectivity index (χ2v) is 4.02. The molecular formula is C14H15NO4. The molecule has 1 aromatic heterocycles. The van der Waals surface area contributed by atoms with Crippen molar-refractivity contribution in [3.8, 4) is 5.88 Å². The number of benzene rings is 1. The first-order chi connectivity index (χ1) is 9.24. The zero-order valence-electron chi connectivity index (χ0n) is 10.6. The molecule has 0 saturated heterocycles. The molecule has 5 heteroatoms. The summed E-state index contributed by atoms with van der Waals surface area (Å²) in [6, 6.07) is 7.18. The maximum absolute atomic E-state index is 11.1. The molecule has 5 nitrogen and oxygen atoms in total. The summed E-state index contributed by atoms with van der Waals surface area (Å²) in [5, 5.41) is 10.5. The highest BCUT2D eigenvalue weighted by Crippen LogP contribution is 2.26. The number of carboxylic acid groups (broad SMARTS) is 1. The van der Waals surface area contributed by atoms with E-state index in [1.165, 1.54) is 6.20 Å². The maximum Gasteiger partial charge on any atom is 0.337 e. The standard InChI is InChI=1S/C14H15NO4/c1-18-7-4-8-19-13-11-6-3-2-5-10(11)12(9-15-13)14(16)17/h2-3,5-6,9H,4,7-8H2,1H3,(H,16,17). The molecule has 0 fully saturated rings. The maximum atomic E-state index is 11.1. The van der Waals surface area contributed by atoms with E-state index in [9.17, 15) is 4.79 Å². The Morgan fingerprint density at radius 1 is 1.26 bits per heavy atom. The number of carbonyl (C=O) groups is 1. The summed E-state index contributed by atoms with van der Waals surface area (Å²) in [6.45, 7) is 1.10. The van der Waals surface area contributed by atoms with Gasteiger partial charge in [-0.25, -0.2) is 9.78 Å². The van der Waals surface area contributed by atoms with Gasteiger partial charge in [0.15, 0.2) is 0 Å². The molecule has 0 atom stereocenters. The van der Waals surface area contributed by atoms with Crippen LogP contribution in [0.1, 0.15) is 16.8 Å². The van der Waals surface area contributed by atoms with Crippen LogP contribution in [0, 0.1) is 0 Å². The van der Waals surface area contributed by atoms with Crippen LogP contribution in [-0.2, 0) is 4.74 Å². The molecule has 0 radical (unpaired) electrons. The second kappa shape index (κ2) is 6.15. The topological polar surface area (TPSA) is 68.7 Å². The zero-order valence-corrected chi connectivity index (χ0v) is 10.6. The van der Waals surface area contributed by atoms with Gasteiger partial charge >= 0.3 is 5.97 Å². The number of ether oxygens (including phenoxy) is 2. The van der Waals surface area contributed by atoms with E-state index in [1.54, 1.807) is 25.3 Å². The van der Waals surface area contributed by atoms with E-state index in [0.717, 1.165) is 6.42 Å². The highest BCUT2D eigenvalue weighted by Gasteiger charge is 2.12. The highest BCUT2D eigenvalue weighted by molar-refractivity contribution is 6.04. The van der Waals surface area contributed by atoms with Crippen molar-refractivity contribution in [1.82, 2.24) is 4.98 Å². The minimum absolute atomic E-state index is 0.180. The van der Waals surface area contributed by atoms with Gasteiger partial charge in [-0.2, -0.15) is 0 Å². The highest BCUT2D eigenvalue weighted by atomic mass is 16.5. The van der Waals surface area contributed by atoms with Gasteiger partial charge < -0.3 is 14.6 Å². The van der Waals surface area contributed by atoms with E-state index in [0.29, 0.717) is 29.9 Å². The predicted octanol–water partition coefficient (Wildman–Crippen LogP) is 2.35. The fourth-order valence-corrected chi connectivity index (χ4v) is 1.82. The molecule has 0 spiro atoms. The molecule has 2 aromatic rings. The monoisotopic (exact) mass is 261 g/mol. The molecule has 0 bridgehead atoms. The van der Waals surface area contributed by atoms with E-state index >= 15 is 0 Å². The molecule has 0 saturated carbocycles. The Balaban J connectivity index is 2.30. The van der Waals surface area contributed by atoms with Gasteiger partial charge in [-0.3, -0.25) is 0 Å². The van der Waals surface area contributed by atoms with Gasteiger partial charge in [-0.1, -0.05) is 18.2 Å². The molecule has 0 unspecified atom stereocenters. The Bertz CT molecular complexity index is 583. The van der Waals surface area contributed by atoms with Gasteiger partial charge in [-0.05, 0) is 6.07 Å². The van der Waals surface area contributed by atoms with Crippen molar-refractivity contribution in [2.24, 2.45) is 0 Å². The lowest BCUT2D eigenvalue weighted by molar-refractivity contribution is 0.0698. The molecule has 19 heavy (non-hydrogen) atoms. The number of nitrogens with zero attached hydrogens (tertiary/aromatic N) is 1. The summed E-state index contributed by atoms with van der Waals surface area (Å²) >= 11 is 0. The number of rotatable bonds is 6. The van der Waals surface area contributed by atoms with E-state index in [4.69, 9.17) is 14.6 Å². The molecule has 0 aliphatic rings. The molecule has 1 heterocycles. The van der Waals surface area contributed by atoms with Gasteiger partial charge in [0.1, 0.15) is 0 Å². The SMILES string of the molecule is COCCCOc1ncc(C(=O)O)c2ccccc12. The summed E-state index contributed by atoms with van der Waals surface area (Å²) in [4.78, 5) is 15.2. The number of methoxy groups -OCH3 is 1. The molecule has 2 rings (SSSR count). The Labute approximate surface area is 110 Å². The average molecular weight is 261 g/mol. The van der Waals surface area contributed by atoms with Gasteiger partial charge in [0.25, 0.3) is 0 Å². The van der Waals surface area contributed by atoms with Crippen LogP contribution >= 0.6 is 0 Å². The third-order valence-corrected chi connectivity index (χ3v) is 2.72. The summed E-state index contributed by atoms with van der Waals surface area (Å²) in [6.07, 6.45) is 2.09. The molecule has 1 aromatic carbocycles. The van der Waals surface area contributed by atoms with Crippen LogP contribution in [0.25, 0.3) is 10.8 Å². The average Bonchev–Trinajstić information content (AvgIpc) is 2.43. The molecule has 0 aliphatic heterocycles. The fraction of sp³-hybridized carbons (Fsp3) is 0.286. The van der Waals surface area contributed by atoms with Gasteiger partial charge in [0.05, 0.1) is 12.2 Å². The van der Waals surface area contributed by atoms with E-state index in [1.807, 2.05) is 6.07 Å². The van der Waals surface area contributed by atoms with Crippen LogP contribution in [0.15, 0.2) is 30.5 Å². The van der Waals surface area contributed by atoms with Crippen molar-refractivity contribution < 1.29 is 19.4 Å². The number of carboxylic acids is 1. The van der Waals surface area contributed by atoms with Gasteiger partial charge in [0.2, 0.25) is 5.88 Å². The molecule has 1 N–H and O–H groups in total. The second-order valence-electron chi connectivity index (χ2n) is 4.02. The van der Waals surface area contributed by atoms with Crippen molar-refractivity contribution in [3.63, 3.8) is 0 Å². The number of aromatic nitrogens is 1. The summed E-state index contributed by atoms with van der Waals surface area (Å²) < 4.78 is 10.5. The van der Waals surface area contributed by atoms with Crippen molar-refractivity contribution in [1.29, 1.82) is 0 Å². The summed E-state index contributed by atoms with van der Waals surface area (Å²) in [7, 11) is 1.63. The lowest BCUT2D eigenvalue weighted by Crippen LogP contribution is -2.05. The molecular weight excluding hydrogens is 246 g/mol. The Morgan fingerprint density at radius 2 is 2.00 bits per heavy atom. The van der Waals surface area contributed by atoms with Crippen molar-refractivity contribution in [2.75, 3.05) is 20.3 Å². The summed E-state index contributed by atoms with van der Waals surface area (Å²) in [5.74, 6) is -0.536. The van der Waals surface area contributed by atoms with Crippen molar-refractivity contribution in [3.05, 3.63) is 36.0 Å². The zero-order chi connectivity index (χ0) is 13.7. The van der Waals surface area contributed by atoms with Crippen LogP contribution in [0.5, 0.6) is 5.88 Å². The third-order valence-electron chi connectivity index (χ3n) is 2.72. The Kier molecular flexibility index (Phi) is 4.30. The number of aromatic carboxylic acids is 1.